The van der Waals surface area contributed by atoms with Gasteiger partial charge in [0.05, 0.1) is 34.3 Å². The van der Waals surface area contributed by atoms with E-state index in [1.165, 1.54) is 0 Å². The molecule has 0 bridgehead atoms. The highest BCUT2D eigenvalue weighted by Crippen LogP contribution is 2.50. The zero-order valence-electron chi connectivity index (χ0n) is 24.5. The fraction of sp³-hybridized carbons (Fsp3) is 0.353. The molecule has 7 nitrogen and oxygen atoms in total. The minimum Gasteiger partial charge on any atom is -0.490 e. The first kappa shape index (κ1) is 29.9. The third-order valence-electron chi connectivity index (χ3n) is 7.92. The van der Waals surface area contributed by atoms with Gasteiger partial charge >= 0.3 is 0 Å². The number of nitrogens with zero attached hydrogens (tertiary/aromatic N) is 2. The van der Waals surface area contributed by atoms with Crippen LogP contribution in [0, 0.1) is 20.3 Å². The molecule has 0 spiro atoms. The van der Waals surface area contributed by atoms with Crippen LogP contribution in [-0.2, 0) is 16.1 Å². The third kappa shape index (κ3) is 5.72. The highest BCUT2D eigenvalue weighted by Gasteiger charge is 2.44. The second-order valence-corrected chi connectivity index (χ2v) is 12.6. The van der Waals surface area contributed by atoms with Crippen LogP contribution in [0.2, 0.25) is 0 Å². The summed E-state index contributed by atoms with van der Waals surface area (Å²) in [6.07, 6.45) is 1.08. The molecule has 0 saturated heterocycles. The van der Waals surface area contributed by atoms with Crippen LogP contribution in [0.5, 0.6) is 11.5 Å². The molecule has 8 heteroatoms. The molecular weight excluding hydrogens is 641 g/mol. The summed E-state index contributed by atoms with van der Waals surface area (Å²) < 4.78 is 18.7. The number of methoxy groups -OCH3 is 1. The molecule has 218 valence electrons. The van der Waals surface area contributed by atoms with Gasteiger partial charge in [0.1, 0.15) is 12.4 Å². The number of carbonyl (C=O) groups is 1. The number of rotatable bonds is 9. The van der Waals surface area contributed by atoms with Gasteiger partial charge in [0, 0.05) is 31.3 Å². The zero-order valence-corrected chi connectivity index (χ0v) is 26.7. The molecule has 0 radical (unpaired) electrons. The van der Waals surface area contributed by atoms with E-state index in [0.717, 1.165) is 31.2 Å². The monoisotopic (exact) mass is 677 g/mol. The number of hydrogen-bond donors (Lipinski definition) is 1. The van der Waals surface area contributed by atoms with Crippen molar-refractivity contribution in [3.63, 3.8) is 0 Å². The molecule has 0 fully saturated rings. The Morgan fingerprint density at radius 1 is 1.12 bits per heavy atom. The minimum absolute atomic E-state index is 0.0400. The summed E-state index contributed by atoms with van der Waals surface area (Å²) in [5.41, 5.74) is 10.2. The molecule has 2 N–H and O–H groups in total. The van der Waals surface area contributed by atoms with Crippen molar-refractivity contribution in [2.75, 3.05) is 26.9 Å². The maximum atomic E-state index is 13.8. The van der Waals surface area contributed by atoms with Gasteiger partial charge in [-0.05, 0) is 75.4 Å². The van der Waals surface area contributed by atoms with Crippen LogP contribution in [-0.4, -0.2) is 37.6 Å². The van der Waals surface area contributed by atoms with Gasteiger partial charge < -0.3 is 24.8 Å². The molecule has 0 saturated carbocycles. The standard InChI is InChI=1S/C34H36IN3O4/c1-5-41-29-16-23(15-26(35)32(29)42-20-22-11-8-10-21-9-6-7-12-24(21)22)30-25(19-36)33(37)38(13-14-40-4)27-17-34(2,3)18-28(39)31(27)30/h6-12,15-16,30H,5,13-14,17-18,20,37H2,1-4H3/t30-/m1/s1. The lowest BCUT2D eigenvalue weighted by atomic mass is 9.68. The van der Waals surface area contributed by atoms with Crippen LogP contribution in [0.15, 0.2) is 77.3 Å². The maximum absolute atomic E-state index is 13.8. The lowest BCUT2D eigenvalue weighted by Gasteiger charge is -2.43. The van der Waals surface area contributed by atoms with Crippen molar-refractivity contribution in [3.05, 3.63) is 92.0 Å². The molecule has 3 aromatic rings. The second-order valence-electron chi connectivity index (χ2n) is 11.5. The Bertz CT molecular complexity index is 1630. The van der Waals surface area contributed by atoms with Crippen LogP contribution in [0.3, 0.4) is 0 Å². The third-order valence-corrected chi connectivity index (χ3v) is 8.72. The number of Topliss-reactive ketones (excluding diaryl/α,β-unsaturated/α-hetero) is 1. The van der Waals surface area contributed by atoms with Crippen LogP contribution >= 0.6 is 22.6 Å². The van der Waals surface area contributed by atoms with Crippen molar-refractivity contribution in [1.82, 2.24) is 4.90 Å². The molecule has 2 aliphatic rings. The summed E-state index contributed by atoms with van der Waals surface area (Å²) in [6, 6.07) is 20.7. The van der Waals surface area contributed by atoms with Gasteiger partial charge in [-0.1, -0.05) is 56.3 Å². The van der Waals surface area contributed by atoms with Crippen molar-refractivity contribution >= 4 is 39.1 Å². The smallest absolute Gasteiger partial charge is 0.174 e. The van der Waals surface area contributed by atoms with E-state index in [-0.39, 0.29) is 11.2 Å². The number of ether oxygens (including phenoxy) is 3. The van der Waals surface area contributed by atoms with Crippen molar-refractivity contribution in [2.24, 2.45) is 11.1 Å². The van der Waals surface area contributed by atoms with Gasteiger partial charge in [-0.3, -0.25) is 4.79 Å². The first-order valence-corrected chi connectivity index (χ1v) is 15.2. The van der Waals surface area contributed by atoms with E-state index in [2.05, 4.69) is 66.8 Å². The number of halogens is 1. The molecule has 5 rings (SSSR count). The Hall–Kier alpha value is -3.55. The van der Waals surface area contributed by atoms with E-state index in [1.807, 2.05) is 42.2 Å². The van der Waals surface area contributed by atoms with Gasteiger partial charge in [-0.2, -0.15) is 5.26 Å². The van der Waals surface area contributed by atoms with Gasteiger partial charge in [0.15, 0.2) is 17.3 Å². The molecule has 1 atom stereocenters. The van der Waals surface area contributed by atoms with Crippen LogP contribution in [0.4, 0.5) is 0 Å². The van der Waals surface area contributed by atoms with E-state index in [1.54, 1.807) is 7.11 Å². The van der Waals surface area contributed by atoms with E-state index in [9.17, 15) is 10.1 Å². The molecule has 1 aliphatic carbocycles. The van der Waals surface area contributed by atoms with Crippen LogP contribution < -0.4 is 15.2 Å². The quantitative estimate of drug-likeness (QED) is 0.249. The van der Waals surface area contributed by atoms with Gasteiger partial charge in [-0.25, -0.2) is 0 Å². The van der Waals surface area contributed by atoms with Crippen LogP contribution in [0.25, 0.3) is 10.8 Å². The Morgan fingerprint density at radius 3 is 2.62 bits per heavy atom. The molecule has 0 amide bonds. The number of carbonyl (C=O) groups excluding carboxylic acids is 1. The number of ketones is 1. The first-order chi connectivity index (χ1) is 20.2. The minimum atomic E-state index is -0.591. The summed E-state index contributed by atoms with van der Waals surface area (Å²) in [5.74, 6) is 1.02. The predicted molar refractivity (Wildman–Crippen MR) is 172 cm³/mol. The fourth-order valence-corrected chi connectivity index (χ4v) is 6.85. The van der Waals surface area contributed by atoms with Crippen molar-refractivity contribution in [2.45, 2.75) is 46.1 Å². The van der Waals surface area contributed by atoms with Gasteiger partial charge in [-0.15, -0.1) is 0 Å². The topological polar surface area (TPSA) is 97.8 Å². The predicted octanol–water partition coefficient (Wildman–Crippen LogP) is 6.80. The van der Waals surface area contributed by atoms with E-state index in [4.69, 9.17) is 19.9 Å². The molecule has 42 heavy (non-hydrogen) atoms. The average molecular weight is 678 g/mol. The number of fused-ring (bicyclic) bond motifs is 1. The van der Waals surface area contributed by atoms with Crippen molar-refractivity contribution < 1.29 is 19.0 Å². The zero-order chi connectivity index (χ0) is 30.0. The lowest BCUT2D eigenvalue weighted by Crippen LogP contribution is -2.43. The Labute approximate surface area is 261 Å². The summed E-state index contributed by atoms with van der Waals surface area (Å²) >= 11 is 2.25. The van der Waals surface area contributed by atoms with Crippen molar-refractivity contribution in [3.8, 4) is 17.6 Å². The highest BCUT2D eigenvalue weighted by molar-refractivity contribution is 14.1. The highest BCUT2D eigenvalue weighted by atomic mass is 127. The van der Waals surface area contributed by atoms with Gasteiger partial charge in [0.2, 0.25) is 0 Å². The number of nitrogens with two attached hydrogens (primary N) is 1. The van der Waals surface area contributed by atoms with Crippen LogP contribution in [0.1, 0.15) is 50.7 Å². The maximum Gasteiger partial charge on any atom is 0.174 e. The van der Waals surface area contributed by atoms with E-state index >= 15 is 0 Å². The fourth-order valence-electron chi connectivity index (χ4n) is 6.07. The Kier molecular flexibility index (Phi) is 8.81. The summed E-state index contributed by atoms with van der Waals surface area (Å²) in [4.78, 5) is 15.7. The average Bonchev–Trinajstić information content (AvgIpc) is 2.95. The first-order valence-electron chi connectivity index (χ1n) is 14.2. The molecule has 1 heterocycles. The summed E-state index contributed by atoms with van der Waals surface area (Å²) in [6.45, 7) is 7.80. The molecule has 3 aromatic carbocycles. The normalized spacial score (nSPS) is 18.2. The lowest BCUT2D eigenvalue weighted by molar-refractivity contribution is -0.118. The molecular formula is C34H36IN3O4. The van der Waals surface area contributed by atoms with Gasteiger partial charge in [0.25, 0.3) is 0 Å². The summed E-state index contributed by atoms with van der Waals surface area (Å²) in [7, 11) is 1.63. The molecule has 0 aromatic heterocycles. The van der Waals surface area contributed by atoms with E-state index < -0.39 is 5.92 Å². The van der Waals surface area contributed by atoms with Crippen molar-refractivity contribution in [1.29, 1.82) is 5.26 Å². The number of allylic oxidation sites excluding steroid dienone is 3. The number of nitriles is 1. The molecule has 1 aliphatic heterocycles. The number of benzene rings is 3. The molecule has 0 unspecified atom stereocenters. The Balaban J connectivity index is 1.59. The SMILES string of the molecule is CCOc1cc([C@@H]2C(C#N)=C(N)N(CCOC)C3=C2C(=O)CC(C)(C)C3)cc(I)c1OCc1cccc2ccccc12. The second kappa shape index (κ2) is 12.4. The summed E-state index contributed by atoms with van der Waals surface area (Å²) in [5, 5.41) is 12.7. The van der Waals surface area contributed by atoms with E-state index in [0.29, 0.717) is 67.7 Å². The Morgan fingerprint density at radius 2 is 1.88 bits per heavy atom. The largest absolute Gasteiger partial charge is 0.490 e. The number of hydrogen-bond acceptors (Lipinski definition) is 7.